The van der Waals surface area contributed by atoms with Crippen molar-refractivity contribution in [3.05, 3.63) is 0 Å². The molecule has 2 rings (SSSR count). The Labute approximate surface area is 134 Å². The molecule has 2 saturated carbocycles. The molecular weight excluding hydrogens is 252 g/mol. The third kappa shape index (κ3) is 2.93. The van der Waals surface area contributed by atoms with Crippen LogP contribution in [0.1, 0.15) is 99.3 Å². The molecule has 2 aliphatic rings. The summed E-state index contributed by atoms with van der Waals surface area (Å²) in [5, 5.41) is 0. The molecule has 0 radical (unpaired) electrons. The van der Waals surface area contributed by atoms with Gasteiger partial charge in [-0.25, -0.2) is 0 Å². The zero-order chi connectivity index (χ0) is 15.7. The van der Waals surface area contributed by atoms with Crippen LogP contribution in [0.4, 0.5) is 0 Å². The summed E-state index contributed by atoms with van der Waals surface area (Å²) in [5.74, 6) is 3.59. The predicted octanol–water partition coefficient (Wildman–Crippen LogP) is 7.08. The van der Waals surface area contributed by atoms with Crippen LogP contribution in [0.25, 0.3) is 0 Å². The first-order valence-electron chi connectivity index (χ1n) is 9.86. The van der Waals surface area contributed by atoms with Gasteiger partial charge in [0.2, 0.25) is 0 Å². The zero-order valence-corrected chi connectivity index (χ0v) is 15.7. The molecule has 0 spiro atoms. The normalized spacial score (nSPS) is 33.9. The molecule has 0 amide bonds. The molecule has 0 aromatic rings. The summed E-state index contributed by atoms with van der Waals surface area (Å²) in [4.78, 5) is 0. The Morgan fingerprint density at radius 3 is 1.43 bits per heavy atom. The minimum atomic E-state index is 0.632. The van der Waals surface area contributed by atoms with Crippen molar-refractivity contribution in [3.8, 4) is 0 Å². The van der Waals surface area contributed by atoms with Crippen molar-refractivity contribution in [1.82, 2.24) is 0 Å². The number of rotatable bonds is 4. The van der Waals surface area contributed by atoms with Crippen LogP contribution in [-0.4, -0.2) is 0 Å². The molecule has 0 aromatic heterocycles. The van der Waals surface area contributed by atoms with Crippen molar-refractivity contribution in [1.29, 1.82) is 0 Å². The van der Waals surface area contributed by atoms with E-state index in [1.54, 1.807) is 0 Å². The Balaban J connectivity index is 2.29. The van der Waals surface area contributed by atoms with E-state index in [-0.39, 0.29) is 0 Å². The van der Waals surface area contributed by atoms with Gasteiger partial charge in [-0.1, -0.05) is 60.8 Å². The van der Waals surface area contributed by atoms with Gasteiger partial charge in [0.25, 0.3) is 0 Å². The summed E-state index contributed by atoms with van der Waals surface area (Å²) in [7, 11) is 0. The maximum absolute atomic E-state index is 2.54. The summed E-state index contributed by atoms with van der Waals surface area (Å²) < 4.78 is 0. The summed E-state index contributed by atoms with van der Waals surface area (Å²) in [6, 6.07) is 0. The van der Waals surface area contributed by atoms with Gasteiger partial charge in [0, 0.05) is 0 Å². The topological polar surface area (TPSA) is 0 Å². The monoisotopic (exact) mass is 292 g/mol. The van der Waals surface area contributed by atoms with Crippen LogP contribution in [0.15, 0.2) is 0 Å². The third-order valence-electron chi connectivity index (χ3n) is 7.81. The van der Waals surface area contributed by atoms with Gasteiger partial charge in [-0.05, 0) is 73.0 Å². The van der Waals surface area contributed by atoms with E-state index in [0.29, 0.717) is 10.8 Å². The highest BCUT2D eigenvalue weighted by molar-refractivity contribution is 5.04. The van der Waals surface area contributed by atoms with E-state index in [1.165, 1.54) is 57.8 Å². The van der Waals surface area contributed by atoms with E-state index >= 15 is 0 Å². The lowest BCUT2D eigenvalue weighted by Gasteiger charge is -2.60. The van der Waals surface area contributed by atoms with Crippen LogP contribution in [0, 0.1) is 34.5 Å². The number of hydrogen-bond acceptors (Lipinski definition) is 0. The van der Waals surface area contributed by atoms with E-state index < -0.39 is 0 Å². The maximum Gasteiger partial charge on any atom is -0.0215 e. The molecule has 0 heteroatoms. The maximum atomic E-state index is 2.54. The molecule has 0 nitrogen and oxygen atoms in total. The summed E-state index contributed by atoms with van der Waals surface area (Å²) in [6.45, 7) is 15.0. The first-order valence-corrected chi connectivity index (χ1v) is 9.86. The molecule has 0 N–H and O–H groups in total. The van der Waals surface area contributed by atoms with Crippen molar-refractivity contribution in [2.45, 2.75) is 99.3 Å². The van der Waals surface area contributed by atoms with Crippen LogP contribution >= 0.6 is 0 Å². The highest BCUT2D eigenvalue weighted by Gasteiger charge is 2.55. The van der Waals surface area contributed by atoms with Gasteiger partial charge in [-0.2, -0.15) is 0 Å². The number of hydrogen-bond donors (Lipinski definition) is 0. The van der Waals surface area contributed by atoms with Crippen molar-refractivity contribution in [2.24, 2.45) is 34.5 Å². The third-order valence-corrected chi connectivity index (χ3v) is 7.81. The summed E-state index contributed by atoms with van der Waals surface area (Å²) in [5.41, 5.74) is 1.27. The van der Waals surface area contributed by atoms with E-state index in [0.717, 1.165) is 23.7 Å². The average Bonchev–Trinajstić information content (AvgIpc) is 2.47. The minimum absolute atomic E-state index is 0.632. The van der Waals surface area contributed by atoms with Gasteiger partial charge in [-0.15, -0.1) is 0 Å². The van der Waals surface area contributed by atoms with Gasteiger partial charge in [0.1, 0.15) is 0 Å². The first-order chi connectivity index (χ1) is 9.86. The molecular formula is C21H40. The molecule has 0 unspecified atom stereocenters. The van der Waals surface area contributed by atoms with E-state index in [1.807, 2.05) is 0 Å². The molecule has 124 valence electrons. The molecule has 2 fully saturated rings. The second kappa shape index (κ2) is 6.63. The standard InChI is InChI=1S/C21H40/c1-16(2)19-10-14-21(15-11-19,18(5)6)20(17(3)4)12-8-7-9-13-20/h16-19H,7-15H2,1-6H3. The zero-order valence-electron chi connectivity index (χ0n) is 15.7. The van der Waals surface area contributed by atoms with Crippen molar-refractivity contribution < 1.29 is 0 Å². The van der Waals surface area contributed by atoms with Gasteiger partial charge < -0.3 is 0 Å². The quantitative estimate of drug-likeness (QED) is 0.519. The van der Waals surface area contributed by atoms with Crippen molar-refractivity contribution in [2.75, 3.05) is 0 Å². The van der Waals surface area contributed by atoms with Gasteiger partial charge in [0.15, 0.2) is 0 Å². The fourth-order valence-electron chi connectivity index (χ4n) is 6.30. The predicted molar refractivity (Wildman–Crippen MR) is 94.4 cm³/mol. The van der Waals surface area contributed by atoms with Gasteiger partial charge in [-0.3, -0.25) is 0 Å². The Hall–Kier alpha value is 0. The van der Waals surface area contributed by atoms with E-state index in [2.05, 4.69) is 41.5 Å². The van der Waals surface area contributed by atoms with Gasteiger partial charge in [0.05, 0.1) is 0 Å². The molecule has 2 aliphatic carbocycles. The van der Waals surface area contributed by atoms with Crippen LogP contribution in [0.3, 0.4) is 0 Å². The van der Waals surface area contributed by atoms with Crippen molar-refractivity contribution in [3.63, 3.8) is 0 Å². The second-order valence-corrected chi connectivity index (χ2v) is 9.26. The van der Waals surface area contributed by atoms with Crippen LogP contribution < -0.4 is 0 Å². The lowest BCUT2D eigenvalue weighted by molar-refractivity contribution is -0.111. The van der Waals surface area contributed by atoms with Crippen LogP contribution in [0.2, 0.25) is 0 Å². The van der Waals surface area contributed by atoms with Crippen LogP contribution in [-0.2, 0) is 0 Å². The highest BCUT2D eigenvalue weighted by atomic mass is 14.6. The van der Waals surface area contributed by atoms with Gasteiger partial charge >= 0.3 is 0 Å². The molecule has 0 atom stereocenters. The summed E-state index contributed by atoms with van der Waals surface area (Å²) >= 11 is 0. The Bertz CT molecular complexity index is 309. The average molecular weight is 293 g/mol. The fourth-order valence-corrected chi connectivity index (χ4v) is 6.30. The molecule has 0 saturated heterocycles. The molecule has 0 bridgehead atoms. The molecule has 0 aliphatic heterocycles. The lowest BCUT2D eigenvalue weighted by atomic mass is 9.44. The molecule has 21 heavy (non-hydrogen) atoms. The van der Waals surface area contributed by atoms with E-state index in [9.17, 15) is 0 Å². The Morgan fingerprint density at radius 2 is 1.05 bits per heavy atom. The minimum Gasteiger partial charge on any atom is -0.0625 e. The molecule has 0 heterocycles. The SMILES string of the molecule is CC(C)C1CCC(C(C)C)(C2(C(C)C)CCCCC2)CC1. The Kier molecular flexibility index (Phi) is 5.48. The fraction of sp³-hybridized carbons (Fsp3) is 1.00. The molecule has 0 aromatic carbocycles. The lowest BCUT2D eigenvalue weighted by Crippen LogP contribution is -2.52. The second-order valence-electron chi connectivity index (χ2n) is 9.26. The van der Waals surface area contributed by atoms with Crippen LogP contribution in [0.5, 0.6) is 0 Å². The van der Waals surface area contributed by atoms with E-state index in [4.69, 9.17) is 0 Å². The first kappa shape index (κ1) is 17.4. The Morgan fingerprint density at radius 1 is 0.619 bits per heavy atom. The largest absolute Gasteiger partial charge is 0.0625 e. The van der Waals surface area contributed by atoms with Crippen molar-refractivity contribution >= 4 is 0 Å². The summed E-state index contributed by atoms with van der Waals surface area (Å²) in [6.07, 6.45) is 13.5. The highest BCUT2D eigenvalue weighted by Crippen LogP contribution is 2.64. The smallest absolute Gasteiger partial charge is 0.0215 e.